The Hall–Kier alpha value is -1.57. The highest BCUT2D eigenvalue weighted by Crippen LogP contribution is 2.21. The highest BCUT2D eigenvalue weighted by atomic mass is 14.9. The van der Waals surface area contributed by atoms with Crippen LogP contribution in [0.25, 0.3) is 10.9 Å². The van der Waals surface area contributed by atoms with Crippen LogP contribution in [-0.2, 0) is 7.05 Å². The molecule has 0 saturated carbocycles. The second kappa shape index (κ2) is 5.43. The fourth-order valence-electron chi connectivity index (χ4n) is 2.48. The Bertz CT molecular complexity index is 624. The van der Waals surface area contributed by atoms with E-state index in [1.165, 1.54) is 22.2 Å². The fourth-order valence-corrected chi connectivity index (χ4v) is 2.48. The van der Waals surface area contributed by atoms with E-state index in [0.29, 0.717) is 5.92 Å². The molecule has 0 saturated heterocycles. The van der Waals surface area contributed by atoms with Crippen molar-refractivity contribution in [3.05, 3.63) is 36.0 Å². The van der Waals surface area contributed by atoms with E-state index in [1.807, 2.05) is 0 Å². The molecule has 2 nitrogen and oxygen atoms in total. The highest BCUT2D eigenvalue weighted by Gasteiger charge is 2.13. The average molecular weight is 270 g/mol. The second-order valence-electron chi connectivity index (χ2n) is 7.03. The van der Waals surface area contributed by atoms with Crippen molar-refractivity contribution in [1.82, 2.24) is 4.57 Å². The summed E-state index contributed by atoms with van der Waals surface area (Å²) in [6.45, 7) is 11.0. The molecule has 1 aromatic carbocycles. The summed E-state index contributed by atoms with van der Waals surface area (Å²) < 4.78 is 2.15. The van der Waals surface area contributed by atoms with Gasteiger partial charge in [0.05, 0.1) is 5.54 Å². The SMILES string of the molecule is CC(C)CC(=NC(C)(C)C)c1ccc2c(ccn2C)c1. The van der Waals surface area contributed by atoms with Crippen LogP contribution in [0.4, 0.5) is 0 Å². The molecule has 0 fully saturated rings. The van der Waals surface area contributed by atoms with Gasteiger partial charge in [-0.2, -0.15) is 0 Å². The van der Waals surface area contributed by atoms with Crippen molar-refractivity contribution in [2.75, 3.05) is 0 Å². The minimum Gasteiger partial charge on any atom is -0.351 e. The molecule has 0 aliphatic rings. The maximum Gasteiger partial charge on any atom is 0.0527 e. The first kappa shape index (κ1) is 14.8. The van der Waals surface area contributed by atoms with Gasteiger partial charge in [-0.1, -0.05) is 19.9 Å². The molecule has 0 spiro atoms. The minimum atomic E-state index is -0.0319. The monoisotopic (exact) mass is 270 g/mol. The Labute approximate surface area is 122 Å². The van der Waals surface area contributed by atoms with Gasteiger partial charge in [-0.15, -0.1) is 0 Å². The quantitative estimate of drug-likeness (QED) is 0.712. The van der Waals surface area contributed by atoms with Crippen LogP contribution in [0.3, 0.4) is 0 Å². The molecule has 2 rings (SSSR count). The molecule has 0 N–H and O–H groups in total. The van der Waals surface area contributed by atoms with Crippen LogP contribution in [0.5, 0.6) is 0 Å². The summed E-state index contributed by atoms with van der Waals surface area (Å²) in [5, 5.41) is 1.29. The van der Waals surface area contributed by atoms with E-state index >= 15 is 0 Å². The third kappa shape index (κ3) is 3.50. The highest BCUT2D eigenvalue weighted by molar-refractivity contribution is 6.03. The number of hydrogen-bond donors (Lipinski definition) is 0. The van der Waals surface area contributed by atoms with E-state index in [9.17, 15) is 0 Å². The number of benzene rings is 1. The van der Waals surface area contributed by atoms with Gasteiger partial charge in [0.25, 0.3) is 0 Å². The summed E-state index contributed by atoms with van der Waals surface area (Å²) in [7, 11) is 2.08. The van der Waals surface area contributed by atoms with Crippen LogP contribution in [0.2, 0.25) is 0 Å². The zero-order valence-corrected chi connectivity index (χ0v) is 13.6. The van der Waals surface area contributed by atoms with Crippen molar-refractivity contribution >= 4 is 16.6 Å². The summed E-state index contributed by atoms with van der Waals surface area (Å²) in [5.41, 5.74) is 3.72. The van der Waals surface area contributed by atoms with Gasteiger partial charge >= 0.3 is 0 Å². The molecule has 20 heavy (non-hydrogen) atoms. The van der Waals surface area contributed by atoms with Crippen molar-refractivity contribution in [2.24, 2.45) is 18.0 Å². The van der Waals surface area contributed by atoms with Gasteiger partial charge in [0, 0.05) is 29.9 Å². The molecule has 0 bridgehead atoms. The number of nitrogens with zero attached hydrogens (tertiary/aromatic N) is 2. The first-order chi connectivity index (χ1) is 9.26. The molecule has 0 amide bonds. The normalized spacial score (nSPS) is 13.4. The summed E-state index contributed by atoms with van der Waals surface area (Å²) in [6, 6.07) is 8.84. The van der Waals surface area contributed by atoms with Crippen molar-refractivity contribution in [3.8, 4) is 0 Å². The number of hydrogen-bond acceptors (Lipinski definition) is 1. The van der Waals surface area contributed by atoms with E-state index in [0.717, 1.165) is 6.42 Å². The van der Waals surface area contributed by atoms with Gasteiger partial charge in [-0.25, -0.2) is 0 Å². The first-order valence-electron chi connectivity index (χ1n) is 7.40. The second-order valence-corrected chi connectivity index (χ2v) is 7.03. The fraction of sp³-hybridized carbons (Fsp3) is 0.500. The van der Waals surface area contributed by atoms with Gasteiger partial charge in [0.15, 0.2) is 0 Å². The lowest BCUT2D eigenvalue weighted by Gasteiger charge is -2.18. The van der Waals surface area contributed by atoms with Crippen molar-refractivity contribution in [2.45, 2.75) is 46.6 Å². The number of aromatic nitrogens is 1. The molecule has 0 radical (unpaired) electrons. The minimum absolute atomic E-state index is 0.0319. The summed E-state index contributed by atoms with van der Waals surface area (Å²) >= 11 is 0. The molecule has 108 valence electrons. The van der Waals surface area contributed by atoms with E-state index < -0.39 is 0 Å². The van der Waals surface area contributed by atoms with Crippen molar-refractivity contribution < 1.29 is 0 Å². The molecular formula is C18H26N2. The Morgan fingerprint density at radius 3 is 2.50 bits per heavy atom. The Morgan fingerprint density at radius 1 is 1.20 bits per heavy atom. The predicted octanol–water partition coefficient (Wildman–Crippen LogP) is 4.81. The third-order valence-electron chi connectivity index (χ3n) is 3.29. The van der Waals surface area contributed by atoms with Gasteiger partial charge in [0.1, 0.15) is 0 Å². The molecule has 1 heterocycles. The zero-order chi connectivity index (χ0) is 14.9. The van der Waals surface area contributed by atoms with Crippen LogP contribution >= 0.6 is 0 Å². The van der Waals surface area contributed by atoms with Crippen LogP contribution in [-0.4, -0.2) is 15.8 Å². The van der Waals surface area contributed by atoms with Gasteiger partial charge in [-0.05, 0) is 56.9 Å². The zero-order valence-electron chi connectivity index (χ0n) is 13.6. The molecule has 0 unspecified atom stereocenters. The maximum absolute atomic E-state index is 4.94. The third-order valence-corrected chi connectivity index (χ3v) is 3.29. The Kier molecular flexibility index (Phi) is 4.03. The lowest BCUT2D eigenvalue weighted by Crippen LogP contribution is -2.16. The van der Waals surface area contributed by atoms with E-state index in [2.05, 4.69) is 76.7 Å². The van der Waals surface area contributed by atoms with Gasteiger partial charge in [0.2, 0.25) is 0 Å². The van der Waals surface area contributed by atoms with Crippen LogP contribution in [0.15, 0.2) is 35.5 Å². The van der Waals surface area contributed by atoms with Crippen molar-refractivity contribution in [3.63, 3.8) is 0 Å². The van der Waals surface area contributed by atoms with Gasteiger partial charge in [-0.3, -0.25) is 4.99 Å². The van der Waals surface area contributed by atoms with Crippen LogP contribution < -0.4 is 0 Å². The molecule has 2 aromatic rings. The number of aryl methyl sites for hydroxylation is 1. The summed E-state index contributed by atoms with van der Waals surface area (Å²) in [5.74, 6) is 0.613. The van der Waals surface area contributed by atoms with Crippen LogP contribution in [0.1, 0.15) is 46.6 Å². The number of fused-ring (bicyclic) bond motifs is 1. The summed E-state index contributed by atoms with van der Waals surface area (Å²) in [4.78, 5) is 4.94. The molecule has 2 heteroatoms. The number of rotatable bonds is 3. The largest absolute Gasteiger partial charge is 0.351 e. The standard InChI is InChI=1S/C18H26N2/c1-13(2)11-16(19-18(3,4)5)14-7-8-17-15(12-14)9-10-20(17)6/h7-10,12-13H,11H2,1-6H3. The van der Waals surface area contributed by atoms with Gasteiger partial charge < -0.3 is 4.57 Å². The molecule has 0 aliphatic carbocycles. The molecular weight excluding hydrogens is 244 g/mol. The number of aliphatic imine (C=N–C) groups is 1. The smallest absolute Gasteiger partial charge is 0.0527 e. The molecule has 0 aliphatic heterocycles. The Balaban J connectivity index is 2.48. The first-order valence-corrected chi connectivity index (χ1v) is 7.40. The lowest BCUT2D eigenvalue weighted by atomic mass is 9.98. The lowest BCUT2D eigenvalue weighted by molar-refractivity contribution is 0.576. The molecule has 0 atom stereocenters. The maximum atomic E-state index is 4.94. The predicted molar refractivity (Wildman–Crippen MR) is 88.7 cm³/mol. The van der Waals surface area contributed by atoms with E-state index in [-0.39, 0.29) is 5.54 Å². The average Bonchev–Trinajstić information content (AvgIpc) is 2.67. The molecule has 1 aromatic heterocycles. The van der Waals surface area contributed by atoms with E-state index in [4.69, 9.17) is 4.99 Å². The van der Waals surface area contributed by atoms with Crippen LogP contribution in [0, 0.1) is 5.92 Å². The topological polar surface area (TPSA) is 17.3 Å². The summed E-state index contributed by atoms with van der Waals surface area (Å²) in [6.07, 6.45) is 3.13. The van der Waals surface area contributed by atoms with Crippen molar-refractivity contribution in [1.29, 1.82) is 0 Å². The Morgan fingerprint density at radius 2 is 1.90 bits per heavy atom. The van der Waals surface area contributed by atoms with E-state index in [1.54, 1.807) is 0 Å².